The Bertz CT molecular complexity index is 602. The van der Waals surface area contributed by atoms with Crippen LogP contribution < -0.4 is 5.46 Å². The van der Waals surface area contributed by atoms with Gasteiger partial charge < -0.3 is 9.68 Å². The first kappa shape index (κ1) is 11.1. The molecule has 0 fully saturated rings. The smallest absolute Gasteiger partial charge is 0.538 e. The van der Waals surface area contributed by atoms with Gasteiger partial charge in [-0.25, -0.2) is 0 Å². The zero-order valence-corrected chi connectivity index (χ0v) is 10.1. The Labute approximate surface area is 107 Å². The Morgan fingerprint density at radius 2 is 1.72 bits per heavy atom. The van der Waals surface area contributed by atoms with E-state index >= 15 is 0 Å². The van der Waals surface area contributed by atoms with E-state index in [4.69, 9.17) is 4.65 Å². The molecule has 1 N–H and O–H groups in total. The van der Waals surface area contributed by atoms with Crippen molar-refractivity contribution in [1.29, 1.82) is 0 Å². The van der Waals surface area contributed by atoms with E-state index in [1.54, 1.807) is 6.26 Å². The van der Waals surface area contributed by atoms with Crippen molar-refractivity contribution in [3.63, 3.8) is 0 Å². The molecule has 0 saturated carbocycles. The van der Waals surface area contributed by atoms with Crippen molar-refractivity contribution in [2.24, 2.45) is 0 Å². The second-order valence-electron chi connectivity index (χ2n) is 4.47. The van der Waals surface area contributed by atoms with E-state index in [0.29, 0.717) is 0 Å². The minimum atomic E-state index is -0.865. The molecular formula is C15H13BO2. The van der Waals surface area contributed by atoms with Crippen LogP contribution in [-0.2, 0) is 4.65 Å². The molecule has 18 heavy (non-hydrogen) atoms. The average Bonchev–Trinajstić information content (AvgIpc) is 2.41. The fourth-order valence-electron chi connectivity index (χ4n) is 2.18. The second kappa shape index (κ2) is 4.35. The molecule has 0 spiro atoms. The van der Waals surface area contributed by atoms with Gasteiger partial charge in [0.1, 0.15) is 0 Å². The average molecular weight is 236 g/mol. The maximum Gasteiger partial charge on any atom is 0.560 e. The zero-order chi connectivity index (χ0) is 12.5. The maximum atomic E-state index is 9.80. The molecule has 0 atom stereocenters. The summed E-state index contributed by atoms with van der Waals surface area (Å²) in [5.41, 5.74) is 5.18. The highest BCUT2D eigenvalue weighted by Gasteiger charge is 2.27. The number of hydrogen-bond acceptors (Lipinski definition) is 2. The van der Waals surface area contributed by atoms with Gasteiger partial charge >= 0.3 is 7.12 Å². The molecule has 0 amide bonds. The van der Waals surface area contributed by atoms with Gasteiger partial charge in [-0.05, 0) is 18.1 Å². The maximum absolute atomic E-state index is 9.80. The van der Waals surface area contributed by atoms with E-state index in [9.17, 15) is 5.02 Å². The summed E-state index contributed by atoms with van der Waals surface area (Å²) in [6.07, 6.45) is 1.64. The van der Waals surface area contributed by atoms with Crippen molar-refractivity contribution >= 4 is 18.2 Å². The Kier molecular flexibility index (Phi) is 2.69. The standard InChI is InChI=1S/C15H13BO2/c1-11-6-8-12(9-7-11)14-10-18-16(17)15-5-3-2-4-13(14)15/h2-10,17H,1H3. The molecule has 1 aliphatic rings. The van der Waals surface area contributed by atoms with Gasteiger partial charge in [-0.2, -0.15) is 0 Å². The van der Waals surface area contributed by atoms with Crippen molar-refractivity contribution in [3.05, 3.63) is 71.5 Å². The number of rotatable bonds is 1. The Morgan fingerprint density at radius 3 is 2.50 bits per heavy atom. The third-order valence-corrected chi connectivity index (χ3v) is 3.19. The van der Waals surface area contributed by atoms with Gasteiger partial charge in [0.05, 0.1) is 6.26 Å². The SMILES string of the molecule is Cc1ccc(C2=COB(O)c3ccccc32)cc1. The Morgan fingerprint density at radius 1 is 1.00 bits per heavy atom. The summed E-state index contributed by atoms with van der Waals surface area (Å²) in [5.74, 6) is 0. The van der Waals surface area contributed by atoms with Crippen LogP contribution in [0.15, 0.2) is 54.8 Å². The molecule has 0 unspecified atom stereocenters. The summed E-state index contributed by atoms with van der Waals surface area (Å²) < 4.78 is 5.30. The Hall–Kier alpha value is -2.00. The molecule has 3 rings (SSSR count). The van der Waals surface area contributed by atoms with Crippen LogP contribution in [-0.4, -0.2) is 12.1 Å². The molecule has 0 saturated heterocycles. The number of hydrogen-bond donors (Lipinski definition) is 1. The van der Waals surface area contributed by atoms with Crippen LogP contribution in [0.5, 0.6) is 0 Å². The minimum Gasteiger partial charge on any atom is -0.538 e. The molecule has 0 bridgehead atoms. The molecule has 88 valence electrons. The predicted molar refractivity (Wildman–Crippen MR) is 73.4 cm³/mol. The van der Waals surface area contributed by atoms with E-state index in [-0.39, 0.29) is 0 Å². The molecule has 2 aromatic rings. The first-order chi connectivity index (χ1) is 8.75. The van der Waals surface area contributed by atoms with Gasteiger partial charge in [0.25, 0.3) is 0 Å². The fourth-order valence-corrected chi connectivity index (χ4v) is 2.18. The lowest BCUT2D eigenvalue weighted by atomic mass is 9.72. The predicted octanol–water partition coefficient (Wildman–Crippen LogP) is 2.10. The number of fused-ring (bicyclic) bond motifs is 1. The van der Waals surface area contributed by atoms with Gasteiger partial charge in [-0.15, -0.1) is 0 Å². The highest BCUT2D eigenvalue weighted by molar-refractivity contribution is 6.62. The number of benzene rings is 2. The van der Waals surface area contributed by atoms with Crippen LogP contribution in [0.3, 0.4) is 0 Å². The van der Waals surface area contributed by atoms with Gasteiger partial charge in [0.2, 0.25) is 0 Å². The minimum absolute atomic E-state index is 0.815. The molecule has 1 aliphatic heterocycles. The van der Waals surface area contributed by atoms with Crippen molar-refractivity contribution in [2.45, 2.75) is 6.92 Å². The molecule has 1 heterocycles. The second-order valence-corrected chi connectivity index (χ2v) is 4.47. The molecule has 0 aromatic heterocycles. The van der Waals surface area contributed by atoms with Crippen LogP contribution in [0.4, 0.5) is 0 Å². The third-order valence-electron chi connectivity index (χ3n) is 3.19. The van der Waals surface area contributed by atoms with E-state index in [2.05, 4.69) is 31.2 Å². The molecule has 0 radical (unpaired) electrons. The van der Waals surface area contributed by atoms with Crippen molar-refractivity contribution < 1.29 is 9.68 Å². The summed E-state index contributed by atoms with van der Waals surface area (Å²) in [7, 11) is -0.865. The van der Waals surface area contributed by atoms with E-state index < -0.39 is 7.12 Å². The highest BCUT2D eigenvalue weighted by atomic mass is 16.5. The molecule has 2 nitrogen and oxygen atoms in total. The highest BCUT2D eigenvalue weighted by Crippen LogP contribution is 2.25. The fraction of sp³-hybridized carbons (Fsp3) is 0.0667. The lowest BCUT2D eigenvalue weighted by Crippen LogP contribution is -2.37. The third kappa shape index (κ3) is 1.83. The first-order valence-corrected chi connectivity index (χ1v) is 5.96. The lowest BCUT2D eigenvalue weighted by molar-refractivity contribution is 0.385. The van der Waals surface area contributed by atoms with Gasteiger partial charge in [0, 0.05) is 11.0 Å². The van der Waals surface area contributed by atoms with E-state index in [1.165, 1.54) is 5.56 Å². The Balaban J connectivity index is 2.11. The summed E-state index contributed by atoms with van der Waals surface area (Å²) in [5, 5.41) is 9.80. The van der Waals surface area contributed by atoms with Gasteiger partial charge in [-0.1, -0.05) is 54.1 Å². The van der Waals surface area contributed by atoms with Gasteiger partial charge in [0.15, 0.2) is 0 Å². The van der Waals surface area contributed by atoms with E-state index in [0.717, 1.165) is 22.2 Å². The summed E-state index contributed by atoms with van der Waals surface area (Å²) in [4.78, 5) is 0. The molecule has 3 heteroatoms. The monoisotopic (exact) mass is 236 g/mol. The first-order valence-electron chi connectivity index (χ1n) is 5.96. The number of aryl methyl sites for hydroxylation is 1. The quantitative estimate of drug-likeness (QED) is 0.768. The summed E-state index contributed by atoms with van der Waals surface area (Å²) in [6.45, 7) is 2.06. The van der Waals surface area contributed by atoms with Crippen molar-refractivity contribution in [3.8, 4) is 0 Å². The normalized spacial score (nSPS) is 13.7. The zero-order valence-electron chi connectivity index (χ0n) is 10.1. The van der Waals surface area contributed by atoms with E-state index in [1.807, 2.05) is 24.3 Å². The lowest BCUT2D eigenvalue weighted by Gasteiger charge is -2.20. The molecule has 2 aromatic carbocycles. The van der Waals surface area contributed by atoms with Crippen LogP contribution in [0.25, 0.3) is 5.57 Å². The van der Waals surface area contributed by atoms with Crippen molar-refractivity contribution in [1.82, 2.24) is 0 Å². The van der Waals surface area contributed by atoms with Crippen LogP contribution in [0.2, 0.25) is 0 Å². The van der Waals surface area contributed by atoms with Gasteiger partial charge in [-0.3, -0.25) is 0 Å². The van der Waals surface area contributed by atoms with Crippen molar-refractivity contribution in [2.75, 3.05) is 0 Å². The molecular weight excluding hydrogens is 223 g/mol. The van der Waals surface area contributed by atoms with Crippen LogP contribution in [0.1, 0.15) is 16.7 Å². The topological polar surface area (TPSA) is 29.5 Å². The largest absolute Gasteiger partial charge is 0.560 e. The van der Waals surface area contributed by atoms with Crippen LogP contribution in [0, 0.1) is 6.92 Å². The summed E-state index contributed by atoms with van der Waals surface area (Å²) in [6, 6.07) is 16.1. The molecule has 0 aliphatic carbocycles. The summed E-state index contributed by atoms with van der Waals surface area (Å²) >= 11 is 0. The van der Waals surface area contributed by atoms with Crippen LogP contribution >= 0.6 is 0 Å².